The largest absolute Gasteiger partial charge is 0.377 e. The predicted octanol–water partition coefficient (Wildman–Crippen LogP) is 1.51. The van der Waals surface area contributed by atoms with E-state index < -0.39 is 0 Å². The Labute approximate surface area is 103 Å². The van der Waals surface area contributed by atoms with Gasteiger partial charge in [0, 0.05) is 25.9 Å². The molecule has 2 rings (SSSR count). The number of hydrogen-bond acceptors (Lipinski definition) is 3. The maximum Gasteiger partial charge on any atom is 0.0726 e. The Morgan fingerprint density at radius 3 is 3.18 bits per heavy atom. The molecule has 1 aliphatic heterocycles. The Hall–Kier alpha value is -0.870. The minimum absolute atomic E-state index is 0.424. The zero-order chi connectivity index (χ0) is 12.1. The van der Waals surface area contributed by atoms with Crippen molar-refractivity contribution in [2.75, 3.05) is 13.2 Å². The highest BCUT2D eigenvalue weighted by Gasteiger charge is 2.21. The fourth-order valence-electron chi connectivity index (χ4n) is 2.35. The van der Waals surface area contributed by atoms with Crippen LogP contribution in [-0.4, -0.2) is 35.1 Å². The quantitative estimate of drug-likeness (QED) is 0.762. The SMILES string of the molecule is C[C@@H](NCCCc1cnn(C)c1)[C@@H]1CCCO1. The number of rotatable bonds is 6. The van der Waals surface area contributed by atoms with Crippen molar-refractivity contribution in [2.24, 2.45) is 7.05 Å². The van der Waals surface area contributed by atoms with Crippen molar-refractivity contribution in [1.29, 1.82) is 0 Å². The molecule has 1 saturated heterocycles. The first-order valence-corrected chi connectivity index (χ1v) is 6.58. The fourth-order valence-corrected chi connectivity index (χ4v) is 2.35. The summed E-state index contributed by atoms with van der Waals surface area (Å²) in [5, 5.41) is 7.72. The van der Waals surface area contributed by atoms with Crippen LogP contribution in [0.5, 0.6) is 0 Å². The fraction of sp³-hybridized carbons (Fsp3) is 0.769. The van der Waals surface area contributed by atoms with Crippen LogP contribution in [0.1, 0.15) is 31.7 Å². The molecule has 0 radical (unpaired) electrons. The number of aryl methyl sites for hydroxylation is 2. The molecule has 0 amide bonds. The number of nitrogens with zero attached hydrogens (tertiary/aromatic N) is 2. The lowest BCUT2D eigenvalue weighted by Gasteiger charge is -2.19. The standard InChI is InChI=1S/C13H23N3O/c1-11(13-6-4-8-17-13)14-7-3-5-12-9-15-16(2)10-12/h9-11,13-14H,3-8H2,1-2H3/t11-,13+/m1/s1. The molecule has 1 aromatic heterocycles. The summed E-state index contributed by atoms with van der Waals surface area (Å²) in [6.07, 6.45) is 9.13. The molecule has 4 nitrogen and oxygen atoms in total. The van der Waals surface area contributed by atoms with Crippen LogP contribution < -0.4 is 5.32 Å². The van der Waals surface area contributed by atoms with Gasteiger partial charge in [-0.2, -0.15) is 5.10 Å². The molecular weight excluding hydrogens is 214 g/mol. The molecule has 1 aliphatic rings. The van der Waals surface area contributed by atoms with Crippen molar-refractivity contribution in [3.63, 3.8) is 0 Å². The van der Waals surface area contributed by atoms with E-state index in [0.717, 1.165) is 26.0 Å². The summed E-state index contributed by atoms with van der Waals surface area (Å²) in [6, 6.07) is 0.478. The van der Waals surface area contributed by atoms with Gasteiger partial charge in [0.1, 0.15) is 0 Å². The van der Waals surface area contributed by atoms with Crippen LogP contribution >= 0.6 is 0 Å². The average molecular weight is 237 g/mol. The summed E-state index contributed by atoms with van der Waals surface area (Å²) in [7, 11) is 1.96. The van der Waals surface area contributed by atoms with Crippen molar-refractivity contribution in [1.82, 2.24) is 15.1 Å². The molecule has 1 aromatic rings. The zero-order valence-corrected chi connectivity index (χ0v) is 10.9. The molecule has 2 heterocycles. The van der Waals surface area contributed by atoms with Crippen molar-refractivity contribution in [3.05, 3.63) is 18.0 Å². The molecule has 0 aromatic carbocycles. The summed E-state index contributed by atoms with van der Waals surface area (Å²) >= 11 is 0. The first-order valence-electron chi connectivity index (χ1n) is 6.58. The lowest BCUT2D eigenvalue weighted by molar-refractivity contribution is 0.0837. The summed E-state index contributed by atoms with van der Waals surface area (Å²) in [5.74, 6) is 0. The Bertz CT molecular complexity index is 331. The molecule has 1 fully saturated rings. The van der Waals surface area contributed by atoms with E-state index in [0.29, 0.717) is 12.1 Å². The number of aromatic nitrogens is 2. The van der Waals surface area contributed by atoms with Gasteiger partial charge in [-0.3, -0.25) is 4.68 Å². The van der Waals surface area contributed by atoms with E-state index in [4.69, 9.17) is 4.74 Å². The molecule has 0 aliphatic carbocycles. The minimum atomic E-state index is 0.424. The van der Waals surface area contributed by atoms with Crippen molar-refractivity contribution >= 4 is 0 Å². The van der Waals surface area contributed by atoms with Crippen LogP contribution in [0.25, 0.3) is 0 Å². The highest BCUT2D eigenvalue weighted by molar-refractivity contribution is 5.03. The summed E-state index contributed by atoms with van der Waals surface area (Å²) < 4.78 is 7.52. The molecule has 0 unspecified atom stereocenters. The number of hydrogen-bond donors (Lipinski definition) is 1. The molecular formula is C13H23N3O. The Balaban J connectivity index is 1.59. The normalized spacial score (nSPS) is 21.9. The smallest absolute Gasteiger partial charge is 0.0726 e. The summed E-state index contributed by atoms with van der Waals surface area (Å²) in [4.78, 5) is 0. The monoisotopic (exact) mass is 237 g/mol. The maximum atomic E-state index is 5.66. The topological polar surface area (TPSA) is 39.1 Å². The molecule has 1 N–H and O–H groups in total. The molecule has 96 valence electrons. The van der Waals surface area contributed by atoms with Crippen LogP contribution in [0.2, 0.25) is 0 Å². The van der Waals surface area contributed by atoms with Gasteiger partial charge < -0.3 is 10.1 Å². The van der Waals surface area contributed by atoms with Gasteiger partial charge in [0.2, 0.25) is 0 Å². The van der Waals surface area contributed by atoms with Crippen LogP contribution in [0.4, 0.5) is 0 Å². The van der Waals surface area contributed by atoms with Gasteiger partial charge in [-0.25, -0.2) is 0 Å². The van der Waals surface area contributed by atoms with Crippen LogP contribution in [0, 0.1) is 0 Å². The third kappa shape index (κ3) is 3.82. The van der Waals surface area contributed by atoms with E-state index in [9.17, 15) is 0 Å². The summed E-state index contributed by atoms with van der Waals surface area (Å²) in [6.45, 7) is 4.21. The van der Waals surface area contributed by atoms with Gasteiger partial charge in [-0.15, -0.1) is 0 Å². The number of nitrogens with one attached hydrogen (secondary N) is 1. The van der Waals surface area contributed by atoms with E-state index >= 15 is 0 Å². The van der Waals surface area contributed by atoms with Gasteiger partial charge in [0.25, 0.3) is 0 Å². The second-order valence-corrected chi connectivity index (χ2v) is 4.92. The van der Waals surface area contributed by atoms with Gasteiger partial charge in [0.15, 0.2) is 0 Å². The van der Waals surface area contributed by atoms with Gasteiger partial charge >= 0.3 is 0 Å². The van der Waals surface area contributed by atoms with E-state index in [1.807, 2.05) is 17.9 Å². The maximum absolute atomic E-state index is 5.66. The van der Waals surface area contributed by atoms with Crippen molar-refractivity contribution in [2.45, 2.75) is 44.8 Å². The van der Waals surface area contributed by atoms with Gasteiger partial charge in [0.05, 0.1) is 12.3 Å². The predicted molar refractivity (Wildman–Crippen MR) is 68.0 cm³/mol. The first-order chi connectivity index (χ1) is 8.25. The molecule has 0 saturated carbocycles. The third-order valence-electron chi connectivity index (χ3n) is 3.39. The molecule has 17 heavy (non-hydrogen) atoms. The molecule has 0 spiro atoms. The van der Waals surface area contributed by atoms with Gasteiger partial charge in [-0.05, 0) is 44.7 Å². The molecule has 0 bridgehead atoms. The Morgan fingerprint density at radius 2 is 2.53 bits per heavy atom. The summed E-state index contributed by atoms with van der Waals surface area (Å²) in [5.41, 5.74) is 1.32. The second kappa shape index (κ2) is 6.17. The highest BCUT2D eigenvalue weighted by atomic mass is 16.5. The first kappa shape index (κ1) is 12.6. The Morgan fingerprint density at radius 1 is 1.65 bits per heavy atom. The highest BCUT2D eigenvalue weighted by Crippen LogP contribution is 2.15. The lowest BCUT2D eigenvalue weighted by atomic mass is 10.1. The zero-order valence-electron chi connectivity index (χ0n) is 10.9. The molecule has 4 heteroatoms. The second-order valence-electron chi connectivity index (χ2n) is 4.92. The van der Waals surface area contributed by atoms with E-state index in [2.05, 4.69) is 23.5 Å². The van der Waals surface area contributed by atoms with Crippen LogP contribution in [-0.2, 0) is 18.2 Å². The lowest BCUT2D eigenvalue weighted by Crippen LogP contribution is -2.37. The average Bonchev–Trinajstić information content (AvgIpc) is 2.95. The number of ether oxygens (including phenoxy) is 1. The Kier molecular flexibility index (Phi) is 4.57. The van der Waals surface area contributed by atoms with Crippen LogP contribution in [0.15, 0.2) is 12.4 Å². The van der Waals surface area contributed by atoms with Gasteiger partial charge in [-0.1, -0.05) is 0 Å². The molecule has 2 atom stereocenters. The van der Waals surface area contributed by atoms with E-state index in [-0.39, 0.29) is 0 Å². The van der Waals surface area contributed by atoms with Crippen molar-refractivity contribution in [3.8, 4) is 0 Å². The third-order valence-corrected chi connectivity index (χ3v) is 3.39. The minimum Gasteiger partial charge on any atom is -0.377 e. The van der Waals surface area contributed by atoms with E-state index in [1.54, 1.807) is 0 Å². The van der Waals surface area contributed by atoms with E-state index in [1.165, 1.54) is 18.4 Å². The van der Waals surface area contributed by atoms with Crippen LogP contribution in [0.3, 0.4) is 0 Å². The van der Waals surface area contributed by atoms with Crippen molar-refractivity contribution < 1.29 is 4.74 Å².